The van der Waals surface area contributed by atoms with Gasteiger partial charge in [-0.2, -0.15) is 0 Å². The molecule has 6 nitrogen and oxygen atoms in total. The van der Waals surface area contributed by atoms with E-state index in [2.05, 4.69) is 80.5 Å². The molecule has 9 fully saturated rings. The summed E-state index contributed by atoms with van der Waals surface area (Å²) in [7, 11) is 0. The Balaban J connectivity index is 0.000000191. The van der Waals surface area contributed by atoms with Crippen LogP contribution in [0.4, 0.5) is 0 Å². The molecule has 538 valence electrons. The Labute approximate surface area is 583 Å². The number of halogens is 2. The number of aliphatic hydroxyl groups is 5. The van der Waals surface area contributed by atoms with E-state index in [-0.39, 0.29) is 26.3 Å². The maximum Gasteiger partial charge on any atom is 0.136 e. The summed E-state index contributed by atoms with van der Waals surface area (Å²) in [5.74, 6) is 13.0. The van der Waals surface area contributed by atoms with Crippen molar-refractivity contribution in [2.75, 3.05) is 5.34 Å². The molecule has 0 aromatic heterocycles. The van der Waals surface area contributed by atoms with Gasteiger partial charge in [-0.3, -0.25) is 4.79 Å². The van der Waals surface area contributed by atoms with Gasteiger partial charge in [-0.15, -0.1) is 23.2 Å². The van der Waals surface area contributed by atoms with Crippen molar-refractivity contribution < 1.29 is 30.3 Å². The fourth-order valence-electron chi connectivity index (χ4n) is 26.0. The lowest BCUT2D eigenvalue weighted by Gasteiger charge is -2.59. The summed E-state index contributed by atoms with van der Waals surface area (Å²) in [6.07, 6.45) is 46.9. The summed E-state index contributed by atoms with van der Waals surface area (Å²) < 4.78 is 0. The van der Waals surface area contributed by atoms with E-state index in [9.17, 15) is 30.3 Å². The van der Waals surface area contributed by atoms with Gasteiger partial charge in [0.05, 0.1) is 33.8 Å². The second-order valence-corrected chi connectivity index (χ2v) is 39.2. The normalized spacial score (nSPS) is 43.2. The van der Waals surface area contributed by atoms with Crippen LogP contribution in [0.1, 0.15) is 338 Å². The largest absolute Gasteiger partial charge is 0.393 e. The van der Waals surface area contributed by atoms with Crippen molar-refractivity contribution in [1.29, 1.82) is 0 Å². The van der Waals surface area contributed by atoms with Crippen LogP contribution in [0, 0.1) is 121 Å². The minimum absolute atomic E-state index is 0. The van der Waals surface area contributed by atoms with Crippen LogP contribution >= 0.6 is 23.2 Å². The zero-order chi connectivity index (χ0) is 66.7. The molecule has 0 amide bonds. The van der Waals surface area contributed by atoms with Crippen molar-refractivity contribution in [2.24, 2.45) is 121 Å². The van der Waals surface area contributed by atoms with Crippen LogP contribution in [-0.4, -0.2) is 65.2 Å². The van der Waals surface area contributed by atoms with E-state index >= 15 is 0 Å². The quantitative estimate of drug-likeness (QED) is 0.0824. The zero-order valence-corrected chi connectivity index (χ0v) is 62.9. The minimum atomic E-state index is -0.525. The minimum Gasteiger partial charge on any atom is -0.393 e. The second-order valence-electron chi connectivity index (χ2n) is 38.4. The van der Waals surface area contributed by atoms with Crippen LogP contribution in [0.5, 0.6) is 0 Å². The number of hydrogen-bond donors (Lipinski definition) is 5. The number of rotatable bonds is 15. The highest BCUT2D eigenvalue weighted by molar-refractivity contribution is 6.40. The van der Waals surface area contributed by atoms with Crippen molar-refractivity contribution >= 4 is 29.0 Å². The maximum atomic E-state index is 12.1. The number of aliphatic hydroxyl groups excluding tert-OH is 1. The van der Waals surface area contributed by atoms with Crippen molar-refractivity contribution in [3.63, 3.8) is 0 Å². The van der Waals surface area contributed by atoms with E-state index in [4.69, 9.17) is 23.2 Å². The second kappa shape index (κ2) is 30.5. The van der Waals surface area contributed by atoms with E-state index in [1.807, 2.05) is 48.5 Å². The molecule has 0 heterocycles. The SMILES string of the molecule is C.C.C[C@H](CCCC(C)(C)O)[C@H]1CC[C@H]2[C@@H]3CC=C4CC(=O)CC[C@]4(C)[C@H]3CC[C@]12C.C[C@H](CCCC(C)(C)O)[C@H]1CC[C@H]2[C@@H]3CC=C4C[C@@H](O)CC[C@]4(C)[C@H]3CC[C@]12C.C[C@H](CCCC(C)(C)O)[C@H]1CC[C@H]2[C@@H]3CC=C4C[C@@](C)(O)CC[C@]4(C)[C@H]3CC[C@]12C.ClCCl. The van der Waals surface area contributed by atoms with Crippen LogP contribution < -0.4 is 0 Å². The van der Waals surface area contributed by atoms with Gasteiger partial charge in [-0.05, 0) is 330 Å². The highest BCUT2D eigenvalue weighted by atomic mass is 35.5. The van der Waals surface area contributed by atoms with Crippen LogP contribution in [-0.2, 0) is 4.79 Å². The molecule has 23 atom stereocenters. The molecule has 0 radical (unpaired) electrons. The average molecular weight is 1340 g/mol. The molecule has 0 spiro atoms. The topological polar surface area (TPSA) is 118 Å². The number of Topliss-reactive ketones (excluding diaryl/α,β-unsaturated/α-hetero) is 1. The molecule has 0 bridgehead atoms. The van der Waals surface area contributed by atoms with Gasteiger partial charge in [0, 0.05) is 12.8 Å². The number of fused-ring (bicyclic) bond motifs is 15. The Kier molecular flexibility index (Phi) is 26.1. The van der Waals surface area contributed by atoms with Gasteiger partial charge in [0.15, 0.2) is 0 Å². The van der Waals surface area contributed by atoms with Gasteiger partial charge < -0.3 is 25.5 Å². The third kappa shape index (κ3) is 16.8. The van der Waals surface area contributed by atoms with E-state index < -0.39 is 22.4 Å². The van der Waals surface area contributed by atoms with E-state index in [1.165, 1.54) is 134 Å². The molecule has 93 heavy (non-hydrogen) atoms. The number of carbonyl (C=O) groups excluding carboxylic acids is 1. The molecular weight excluding hydrogens is 1190 g/mol. The molecule has 0 saturated heterocycles. The summed E-state index contributed by atoms with van der Waals surface area (Å²) in [4.78, 5) is 12.1. The Morgan fingerprint density at radius 3 is 1.19 bits per heavy atom. The first kappa shape index (κ1) is 79.6. The van der Waals surface area contributed by atoms with E-state index in [1.54, 1.807) is 11.1 Å². The van der Waals surface area contributed by atoms with Gasteiger partial charge in [0.25, 0.3) is 0 Å². The first-order valence-electron chi connectivity index (χ1n) is 38.7. The summed E-state index contributed by atoms with van der Waals surface area (Å²) in [6.45, 7) is 36.7. The number of alkyl halides is 2. The highest BCUT2D eigenvalue weighted by Crippen LogP contribution is 2.71. The van der Waals surface area contributed by atoms with Crippen LogP contribution in [0.15, 0.2) is 34.9 Å². The Morgan fingerprint density at radius 2 is 0.817 bits per heavy atom. The number of ketones is 1. The van der Waals surface area contributed by atoms with Crippen LogP contribution in [0.3, 0.4) is 0 Å². The van der Waals surface area contributed by atoms with Crippen LogP contribution in [0.25, 0.3) is 0 Å². The van der Waals surface area contributed by atoms with Gasteiger partial charge in [0.2, 0.25) is 0 Å². The standard InChI is InChI=1S/C28H48O2.C27H46O2.C27H44O2.CH2Cl2.2CH4/c1-19(8-7-14-25(2,3)29)22-11-12-23-21-10-9-20-18-26(4,30)16-17-27(20,5)24(21)13-15-28(22,23)6;2*1-18(7-6-14-25(2,3)29)22-10-11-23-21-9-8-19-17-20(28)12-15-26(19,4)24(21)13-16-27(22,23)5;2-1-3;;/h9,19,21-24,29-30H,7-8,10-18H2,1-6H3;8,18,20-24,28-29H,6-7,9-17H2,1-5H3;8,18,21-24,29H,6-7,9-17H2,1-5H3;1H2;2*1H4/t19-,21+,22-,23+,24+,26+,27+,28-;18-,20+,21+,22-,23+,24+,26+,27-;18-,21+,22-,23+,24+,26+,27-;;;/m111.../s1. The van der Waals surface area contributed by atoms with Gasteiger partial charge in [-0.25, -0.2) is 0 Å². The summed E-state index contributed by atoms with van der Waals surface area (Å²) in [6, 6.07) is 0. The van der Waals surface area contributed by atoms with Crippen molar-refractivity contribution in [3.8, 4) is 0 Å². The molecule has 0 aliphatic heterocycles. The van der Waals surface area contributed by atoms with Crippen molar-refractivity contribution in [2.45, 2.75) is 366 Å². The summed E-state index contributed by atoms with van der Waals surface area (Å²) in [5, 5.41) is 51.3. The number of carbonyl (C=O) groups is 1. The first-order valence-corrected chi connectivity index (χ1v) is 39.7. The molecule has 9 saturated carbocycles. The van der Waals surface area contributed by atoms with Gasteiger partial charge in [-0.1, -0.05) is 151 Å². The Morgan fingerprint density at radius 1 is 0.473 bits per heavy atom. The molecule has 0 aromatic carbocycles. The molecule has 12 aliphatic carbocycles. The molecule has 5 N–H and O–H groups in total. The number of allylic oxidation sites excluding steroid dienone is 4. The zero-order valence-electron chi connectivity index (χ0n) is 61.4. The summed E-state index contributed by atoms with van der Waals surface area (Å²) in [5.41, 5.74) is 5.14. The lowest BCUT2D eigenvalue weighted by Crippen LogP contribution is -2.52. The van der Waals surface area contributed by atoms with Crippen LogP contribution in [0.2, 0.25) is 0 Å². The highest BCUT2D eigenvalue weighted by Gasteiger charge is 2.63. The molecular formula is C85H148Cl2O6. The summed E-state index contributed by atoms with van der Waals surface area (Å²) >= 11 is 9.53. The number of hydrogen-bond acceptors (Lipinski definition) is 6. The Bertz CT molecular complexity index is 2550. The monoisotopic (exact) mass is 1340 g/mol. The van der Waals surface area contributed by atoms with E-state index in [0.29, 0.717) is 38.3 Å². The third-order valence-electron chi connectivity index (χ3n) is 31.0. The third-order valence-corrected chi connectivity index (χ3v) is 31.0. The predicted octanol–water partition coefficient (Wildman–Crippen LogP) is 22.8. The maximum absolute atomic E-state index is 12.1. The first-order chi connectivity index (χ1) is 42.4. The lowest BCUT2D eigenvalue weighted by molar-refractivity contribution is -0.122. The molecule has 0 unspecified atom stereocenters. The molecule has 0 aromatic rings. The average Bonchev–Trinajstić information content (AvgIpc) is 1.72. The van der Waals surface area contributed by atoms with Crippen molar-refractivity contribution in [1.82, 2.24) is 0 Å². The fraction of sp³-hybridized carbons (Fsp3) is 0.918. The predicted molar refractivity (Wildman–Crippen MR) is 395 cm³/mol. The smallest absolute Gasteiger partial charge is 0.136 e. The molecule has 12 aliphatic rings. The molecule has 12 rings (SSSR count). The van der Waals surface area contributed by atoms with Crippen molar-refractivity contribution in [3.05, 3.63) is 34.9 Å². The fourth-order valence-corrected chi connectivity index (χ4v) is 26.0. The van der Waals surface area contributed by atoms with Gasteiger partial charge in [0.1, 0.15) is 5.78 Å². The molecule has 8 heteroatoms. The van der Waals surface area contributed by atoms with E-state index in [0.717, 1.165) is 172 Å². The van der Waals surface area contributed by atoms with Gasteiger partial charge >= 0.3 is 0 Å². The lowest BCUT2D eigenvalue weighted by atomic mass is 9.46. The Hall–Kier alpha value is -0.730.